The van der Waals surface area contributed by atoms with Crippen molar-refractivity contribution in [3.63, 3.8) is 0 Å². The first kappa shape index (κ1) is 33.6. The number of imide groups is 1. The zero-order valence-electron chi connectivity index (χ0n) is 29.4. The van der Waals surface area contributed by atoms with Crippen LogP contribution in [0.2, 0.25) is 0 Å². The van der Waals surface area contributed by atoms with Crippen molar-refractivity contribution in [2.24, 2.45) is 4.99 Å². The van der Waals surface area contributed by atoms with E-state index in [1.807, 2.05) is 60.8 Å². The molecular formula is C46H32FN5O3. The molecule has 3 amide bonds. The van der Waals surface area contributed by atoms with Gasteiger partial charge in [-0.05, 0) is 47.0 Å². The summed E-state index contributed by atoms with van der Waals surface area (Å²) < 4.78 is 17.7. The summed E-state index contributed by atoms with van der Waals surface area (Å²) in [7, 11) is 0. The minimum Gasteiger partial charge on any atom is -0.319 e. The Morgan fingerprint density at radius 1 is 0.564 bits per heavy atom. The highest BCUT2D eigenvalue weighted by molar-refractivity contribution is 6.25. The van der Waals surface area contributed by atoms with E-state index < -0.39 is 35.2 Å². The molecule has 1 unspecified atom stereocenters. The van der Waals surface area contributed by atoms with E-state index in [1.54, 1.807) is 73.1 Å². The molecule has 2 aliphatic heterocycles. The SMILES string of the molecule is O=C1C(N2C(=O)c3ccccc3C2=O)N=C(c2ccccc2F)c2ccccc2N1Cc1cn(C(c2ccccc2)(c2ccccc2)c2ccccc2)cn1. The van der Waals surface area contributed by atoms with Crippen LogP contribution in [0.15, 0.2) is 181 Å². The Labute approximate surface area is 316 Å². The largest absolute Gasteiger partial charge is 0.319 e. The maximum absolute atomic E-state index is 15.6. The van der Waals surface area contributed by atoms with Gasteiger partial charge < -0.3 is 9.47 Å². The summed E-state index contributed by atoms with van der Waals surface area (Å²) in [6.07, 6.45) is 2.05. The predicted molar refractivity (Wildman–Crippen MR) is 207 cm³/mol. The van der Waals surface area contributed by atoms with E-state index in [-0.39, 0.29) is 28.9 Å². The van der Waals surface area contributed by atoms with Gasteiger partial charge in [0.1, 0.15) is 11.4 Å². The number of imidazole rings is 1. The van der Waals surface area contributed by atoms with Crippen molar-refractivity contribution in [3.05, 3.63) is 227 Å². The Morgan fingerprint density at radius 2 is 1.04 bits per heavy atom. The molecule has 2 aliphatic rings. The molecule has 1 atom stereocenters. The lowest BCUT2D eigenvalue weighted by Crippen LogP contribution is -2.49. The third-order valence-electron chi connectivity index (χ3n) is 10.3. The molecule has 0 saturated carbocycles. The van der Waals surface area contributed by atoms with E-state index in [0.29, 0.717) is 16.9 Å². The average molecular weight is 722 g/mol. The number of rotatable bonds is 8. The van der Waals surface area contributed by atoms with Gasteiger partial charge in [-0.25, -0.2) is 19.3 Å². The Hall–Kier alpha value is -7.26. The molecule has 7 aromatic rings. The number of anilines is 1. The van der Waals surface area contributed by atoms with Crippen LogP contribution in [0.3, 0.4) is 0 Å². The zero-order valence-corrected chi connectivity index (χ0v) is 29.4. The molecule has 3 heterocycles. The summed E-state index contributed by atoms with van der Waals surface area (Å²) in [5, 5.41) is 0. The minimum atomic E-state index is -1.63. The Balaban J connectivity index is 1.20. The van der Waals surface area contributed by atoms with Crippen molar-refractivity contribution in [3.8, 4) is 0 Å². The number of carbonyl (C=O) groups is 3. The van der Waals surface area contributed by atoms with Crippen LogP contribution in [0, 0.1) is 5.82 Å². The molecule has 0 spiro atoms. The fraction of sp³-hybridized carbons (Fsp3) is 0.0652. The van der Waals surface area contributed by atoms with Gasteiger partial charge in [-0.15, -0.1) is 0 Å². The second-order valence-corrected chi connectivity index (χ2v) is 13.4. The number of aliphatic imine (C=N–C) groups is 1. The molecule has 9 rings (SSSR count). The smallest absolute Gasteiger partial charge is 0.273 e. The normalized spacial score (nSPS) is 15.4. The average Bonchev–Trinajstić information content (AvgIpc) is 3.77. The number of carbonyl (C=O) groups excluding carboxylic acids is 3. The van der Waals surface area contributed by atoms with Gasteiger partial charge in [-0.1, -0.05) is 133 Å². The van der Waals surface area contributed by atoms with E-state index in [0.717, 1.165) is 21.6 Å². The van der Waals surface area contributed by atoms with Crippen molar-refractivity contribution < 1.29 is 18.8 Å². The lowest BCUT2D eigenvalue weighted by atomic mass is 9.77. The molecule has 0 radical (unpaired) electrons. The topological polar surface area (TPSA) is 87.9 Å². The molecule has 6 aromatic carbocycles. The van der Waals surface area contributed by atoms with Crippen LogP contribution in [0.4, 0.5) is 10.1 Å². The quantitative estimate of drug-likeness (QED) is 0.118. The van der Waals surface area contributed by atoms with Crippen molar-refractivity contribution in [2.75, 3.05) is 4.90 Å². The van der Waals surface area contributed by atoms with Crippen LogP contribution < -0.4 is 4.90 Å². The molecule has 8 nitrogen and oxygen atoms in total. The van der Waals surface area contributed by atoms with Crippen LogP contribution in [-0.2, 0) is 16.9 Å². The lowest BCUT2D eigenvalue weighted by Gasteiger charge is -2.37. The van der Waals surface area contributed by atoms with Gasteiger partial charge in [-0.3, -0.25) is 14.4 Å². The standard InChI is InChI=1S/C46H32FN5O3/c47-39-26-14-12-24-37(39)41-38-25-13-15-27-40(38)51(45(55)42(49-41)52-43(53)35-22-10-11-23-36(35)44(52)54)29-34-28-50(30-48-34)46(31-16-4-1-5-17-31,32-18-6-2-7-19-32)33-20-8-3-9-21-33/h1-28,30,42H,29H2. The maximum Gasteiger partial charge on any atom is 0.273 e. The number of aromatic nitrogens is 2. The van der Waals surface area contributed by atoms with Gasteiger partial charge in [0.15, 0.2) is 0 Å². The Bertz CT molecular complexity index is 2490. The first-order valence-electron chi connectivity index (χ1n) is 17.9. The van der Waals surface area contributed by atoms with Crippen molar-refractivity contribution in [2.45, 2.75) is 18.2 Å². The number of amides is 3. The molecule has 0 aliphatic carbocycles. The highest BCUT2D eigenvalue weighted by Crippen LogP contribution is 2.41. The molecule has 266 valence electrons. The fourth-order valence-corrected chi connectivity index (χ4v) is 7.82. The Morgan fingerprint density at radius 3 is 1.58 bits per heavy atom. The molecule has 0 saturated heterocycles. The first-order chi connectivity index (χ1) is 27.0. The van der Waals surface area contributed by atoms with E-state index in [9.17, 15) is 9.59 Å². The second kappa shape index (κ2) is 13.6. The molecule has 0 fully saturated rings. The number of halogens is 1. The van der Waals surface area contributed by atoms with Crippen LogP contribution in [0.25, 0.3) is 0 Å². The van der Waals surface area contributed by atoms with Crippen LogP contribution in [0.5, 0.6) is 0 Å². The van der Waals surface area contributed by atoms with E-state index in [2.05, 4.69) is 41.0 Å². The summed E-state index contributed by atoms with van der Waals surface area (Å²) in [5.41, 5.74) is 4.22. The maximum atomic E-state index is 15.6. The van der Waals surface area contributed by atoms with Gasteiger partial charge in [0.25, 0.3) is 17.7 Å². The molecular weight excluding hydrogens is 690 g/mol. The number of fused-ring (bicyclic) bond motifs is 2. The van der Waals surface area contributed by atoms with Crippen molar-refractivity contribution >= 4 is 29.1 Å². The van der Waals surface area contributed by atoms with Gasteiger partial charge in [0, 0.05) is 17.3 Å². The number of para-hydroxylation sites is 1. The number of hydrogen-bond donors (Lipinski definition) is 0. The molecule has 0 N–H and O–H groups in total. The monoisotopic (exact) mass is 721 g/mol. The second-order valence-electron chi connectivity index (χ2n) is 13.4. The van der Waals surface area contributed by atoms with Crippen molar-refractivity contribution in [1.82, 2.24) is 14.5 Å². The van der Waals surface area contributed by atoms with Gasteiger partial charge in [-0.2, -0.15) is 0 Å². The molecule has 55 heavy (non-hydrogen) atoms. The van der Waals surface area contributed by atoms with Gasteiger partial charge >= 0.3 is 0 Å². The highest BCUT2D eigenvalue weighted by Gasteiger charge is 2.46. The fourth-order valence-electron chi connectivity index (χ4n) is 7.82. The van der Waals surface area contributed by atoms with E-state index in [4.69, 9.17) is 9.98 Å². The number of benzene rings is 6. The highest BCUT2D eigenvalue weighted by atomic mass is 19.1. The van der Waals surface area contributed by atoms with Gasteiger partial charge in [0.05, 0.1) is 41.1 Å². The summed E-state index contributed by atoms with van der Waals surface area (Å²) in [4.78, 5) is 54.9. The number of benzodiazepines with no additional fused rings is 1. The minimum absolute atomic E-state index is 0.0446. The summed E-state index contributed by atoms with van der Waals surface area (Å²) in [6.45, 7) is -0.0446. The van der Waals surface area contributed by atoms with Crippen molar-refractivity contribution in [1.29, 1.82) is 0 Å². The molecule has 1 aromatic heterocycles. The zero-order chi connectivity index (χ0) is 37.5. The Kier molecular flexibility index (Phi) is 8.31. The van der Waals surface area contributed by atoms with E-state index >= 15 is 9.18 Å². The third kappa shape index (κ3) is 5.47. The summed E-state index contributed by atoms with van der Waals surface area (Å²) in [5.74, 6) is -2.49. The third-order valence-corrected chi connectivity index (χ3v) is 10.3. The van der Waals surface area contributed by atoms with Gasteiger partial charge in [0.2, 0.25) is 6.17 Å². The molecule has 0 bridgehead atoms. The van der Waals surface area contributed by atoms with Crippen LogP contribution >= 0.6 is 0 Å². The number of nitrogens with zero attached hydrogens (tertiary/aromatic N) is 5. The molecule has 9 heteroatoms. The predicted octanol–water partition coefficient (Wildman–Crippen LogP) is 7.87. The number of hydrogen-bond acceptors (Lipinski definition) is 5. The van der Waals surface area contributed by atoms with Crippen LogP contribution in [0.1, 0.15) is 54.2 Å². The summed E-state index contributed by atoms with van der Waals surface area (Å²) >= 11 is 0. The summed E-state index contributed by atoms with van der Waals surface area (Å²) in [6, 6.07) is 50.1. The van der Waals surface area contributed by atoms with E-state index in [1.165, 1.54) is 11.0 Å². The lowest BCUT2D eigenvalue weighted by molar-refractivity contribution is -0.122. The van der Waals surface area contributed by atoms with Crippen LogP contribution in [-0.4, -0.2) is 44.0 Å². The first-order valence-corrected chi connectivity index (χ1v) is 17.9.